The summed E-state index contributed by atoms with van der Waals surface area (Å²) in [6, 6.07) is 13.3. The van der Waals surface area contributed by atoms with Gasteiger partial charge in [-0.25, -0.2) is 4.79 Å². The Balaban J connectivity index is 1.78. The van der Waals surface area contributed by atoms with E-state index in [1.807, 2.05) is 0 Å². The number of rotatable bonds is 6. The summed E-state index contributed by atoms with van der Waals surface area (Å²) in [5.41, 5.74) is 1.79. The number of halogens is 1. The number of carbonyl (C=O) groups is 2. The summed E-state index contributed by atoms with van der Waals surface area (Å²) in [6.45, 7) is -0.223. The molecule has 7 heteroatoms. The molecule has 0 radical (unpaired) electrons. The second kappa shape index (κ2) is 8.69. The third-order valence-corrected chi connectivity index (χ3v) is 3.18. The van der Waals surface area contributed by atoms with Gasteiger partial charge in [0.25, 0.3) is 5.91 Å². The monoisotopic (exact) mass is 346 g/mol. The molecule has 1 N–H and O–H groups in total. The standard InChI is InChI=1S/C17H15ClN2O4/c1-23-17(22)13-4-2-12(3-5-13)10-19-24-11-16(21)20-15-8-6-14(18)7-9-15/h2-10H,11H2,1H3,(H,20,21)/b19-10+. The van der Waals surface area contributed by atoms with E-state index in [1.54, 1.807) is 48.5 Å². The van der Waals surface area contributed by atoms with E-state index in [9.17, 15) is 9.59 Å². The van der Waals surface area contributed by atoms with E-state index in [0.717, 1.165) is 5.56 Å². The summed E-state index contributed by atoms with van der Waals surface area (Å²) in [4.78, 5) is 27.9. The van der Waals surface area contributed by atoms with Crippen molar-refractivity contribution in [2.24, 2.45) is 5.16 Å². The minimum atomic E-state index is -0.409. The second-order valence-corrected chi connectivity index (χ2v) is 5.11. The van der Waals surface area contributed by atoms with Crippen molar-refractivity contribution >= 4 is 35.4 Å². The zero-order valence-electron chi connectivity index (χ0n) is 12.9. The third kappa shape index (κ3) is 5.40. The number of hydrogen-bond donors (Lipinski definition) is 1. The molecule has 0 saturated carbocycles. The fraction of sp³-hybridized carbons (Fsp3) is 0.118. The normalized spacial score (nSPS) is 10.4. The Kier molecular flexibility index (Phi) is 6.33. The van der Waals surface area contributed by atoms with Gasteiger partial charge in [0, 0.05) is 10.7 Å². The number of amides is 1. The van der Waals surface area contributed by atoms with E-state index in [-0.39, 0.29) is 12.5 Å². The molecule has 24 heavy (non-hydrogen) atoms. The molecule has 6 nitrogen and oxygen atoms in total. The Morgan fingerprint density at radius 3 is 2.42 bits per heavy atom. The van der Waals surface area contributed by atoms with Gasteiger partial charge in [-0.05, 0) is 42.0 Å². The van der Waals surface area contributed by atoms with Crippen LogP contribution >= 0.6 is 11.6 Å². The molecular weight excluding hydrogens is 332 g/mol. The summed E-state index contributed by atoms with van der Waals surface area (Å²) in [7, 11) is 1.32. The van der Waals surface area contributed by atoms with E-state index in [4.69, 9.17) is 16.4 Å². The SMILES string of the molecule is COC(=O)c1ccc(/C=N/OCC(=O)Nc2ccc(Cl)cc2)cc1. The van der Waals surface area contributed by atoms with Gasteiger partial charge < -0.3 is 14.9 Å². The largest absolute Gasteiger partial charge is 0.465 e. The molecule has 2 rings (SSSR count). The summed E-state index contributed by atoms with van der Waals surface area (Å²) in [6.07, 6.45) is 1.44. The molecule has 0 saturated heterocycles. The van der Waals surface area contributed by atoms with Crippen LogP contribution in [0.1, 0.15) is 15.9 Å². The van der Waals surface area contributed by atoms with E-state index < -0.39 is 5.97 Å². The van der Waals surface area contributed by atoms with Crippen molar-refractivity contribution in [1.29, 1.82) is 0 Å². The van der Waals surface area contributed by atoms with Crippen molar-refractivity contribution in [3.63, 3.8) is 0 Å². The molecular formula is C17H15ClN2O4. The second-order valence-electron chi connectivity index (χ2n) is 4.68. The predicted octanol–water partition coefficient (Wildman–Crippen LogP) is 3.12. The van der Waals surface area contributed by atoms with Gasteiger partial charge in [0.2, 0.25) is 0 Å². The van der Waals surface area contributed by atoms with Gasteiger partial charge in [0.15, 0.2) is 6.61 Å². The molecule has 0 aliphatic carbocycles. The molecule has 124 valence electrons. The fourth-order valence-corrected chi connectivity index (χ4v) is 1.87. The molecule has 0 atom stereocenters. The topological polar surface area (TPSA) is 77.0 Å². The van der Waals surface area contributed by atoms with Crippen LogP contribution < -0.4 is 5.32 Å². The van der Waals surface area contributed by atoms with Gasteiger partial charge in [-0.3, -0.25) is 4.79 Å². The molecule has 0 fully saturated rings. The first kappa shape index (κ1) is 17.5. The molecule has 1 amide bonds. The van der Waals surface area contributed by atoms with Crippen LogP contribution in [-0.2, 0) is 14.4 Å². The van der Waals surface area contributed by atoms with Crippen molar-refractivity contribution in [1.82, 2.24) is 0 Å². The van der Waals surface area contributed by atoms with Crippen LogP contribution in [0.25, 0.3) is 0 Å². The lowest BCUT2D eigenvalue weighted by molar-refractivity contribution is -0.120. The van der Waals surface area contributed by atoms with Gasteiger partial charge in [0.05, 0.1) is 18.9 Å². The number of nitrogens with one attached hydrogen (secondary N) is 1. The first-order valence-electron chi connectivity index (χ1n) is 6.97. The van der Waals surface area contributed by atoms with Gasteiger partial charge in [0.1, 0.15) is 0 Å². The predicted molar refractivity (Wildman–Crippen MR) is 91.4 cm³/mol. The average molecular weight is 347 g/mol. The maximum Gasteiger partial charge on any atom is 0.337 e. The van der Waals surface area contributed by atoms with Crippen molar-refractivity contribution in [2.75, 3.05) is 19.0 Å². The number of hydrogen-bond acceptors (Lipinski definition) is 5. The number of benzene rings is 2. The number of oxime groups is 1. The van der Waals surface area contributed by atoms with Gasteiger partial charge in [-0.2, -0.15) is 0 Å². The first-order valence-corrected chi connectivity index (χ1v) is 7.35. The molecule has 0 aliphatic rings. The lowest BCUT2D eigenvalue weighted by Gasteiger charge is -2.04. The number of esters is 1. The highest BCUT2D eigenvalue weighted by molar-refractivity contribution is 6.30. The summed E-state index contributed by atoms with van der Waals surface area (Å²) >= 11 is 5.76. The van der Waals surface area contributed by atoms with Crippen molar-refractivity contribution in [3.05, 3.63) is 64.7 Å². The number of carbonyl (C=O) groups excluding carboxylic acids is 2. The molecule has 0 aliphatic heterocycles. The zero-order chi connectivity index (χ0) is 17.4. The molecule has 0 bridgehead atoms. The lowest BCUT2D eigenvalue weighted by atomic mass is 10.1. The minimum absolute atomic E-state index is 0.223. The molecule has 0 aromatic heterocycles. The molecule has 0 spiro atoms. The van der Waals surface area contributed by atoms with Crippen molar-refractivity contribution in [3.8, 4) is 0 Å². The van der Waals surface area contributed by atoms with Crippen LogP contribution in [0.4, 0.5) is 5.69 Å². The Bertz CT molecular complexity index is 727. The maximum absolute atomic E-state index is 11.7. The summed E-state index contributed by atoms with van der Waals surface area (Å²) in [5.74, 6) is -0.746. The lowest BCUT2D eigenvalue weighted by Crippen LogP contribution is -2.16. The van der Waals surface area contributed by atoms with Crippen molar-refractivity contribution < 1.29 is 19.2 Å². The Morgan fingerprint density at radius 1 is 1.12 bits per heavy atom. The number of methoxy groups -OCH3 is 1. The maximum atomic E-state index is 11.7. The zero-order valence-corrected chi connectivity index (χ0v) is 13.6. The van der Waals surface area contributed by atoms with Crippen LogP contribution in [0.15, 0.2) is 53.7 Å². The van der Waals surface area contributed by atoms with E-state index in [2.05, 4.69) is 15.2 Å². The quantitative estimate of drug-likeness (QED) is 0.495. The average Bonchev–Trinajstić information content (AvgIpc) is 2.60. The molecule has 2 aromatic carbocycles. The van der Waals surface area contributed by atoms with Gasteiger partial charge in [-0.1, -0.05) is 28.9 Å². The number of nitrogens with zero attached hydrogens (tertiary/aromatic N) is 1. The molecule has 0 heterocycles. The highest BCUT2D eigenvalue weighted by atomic mass is 35.5. The van der Waals surface area contributed by atoms with Gasteiger partial charge in [-0.15, -0.1) is 0 Å². The smallest absolute Gasteiger partial charge is 0.337 e. The van der Waals surface area contributed by atoms with E-state index in [1.165, 1.54) is 13.3 Å². The van der Waals surface area contributed by atoms with Crippen LogP contribution in [0.2, 0.25) is 5.02 Å². The Labute approximate surface area is 144 Å². The Morgan fingerprint density at radius 2 is 1.79 bits per heavy atom. The highest BCUT2D eigenvalue weighted by Gasteiger charge is 2.04. The van der Waals surface area contributed by atoms with E-state index in [0.29, 0.717) is 16.3 Å². The number of ether oxygens (including phenoxy) is 1. The molecule has 0 unspecified atom stereocenters. The molecule has 2 aromatic rings. The minimum Gasteiger partial charge on any atom is -0.465 e. The van der Waals surface area contributed by atoms with E-state index >= 15 is 0 Å². The fourth-order valence-electron chi connectivity index (χ4n) is 1.75. The van der Waals surface area contributed by atoms with Crippen LogP contribution in [-0.4, -0.2) is 31.8 Å². The highest BCUT2D eigenvalue weighted by Crippen LogP contribution is 2.13. The third-order valence-electron chi connectivity index (χ3n) is 2.93. The van der Waals surface area contributed by atoms with Crippen LogP contribution in [0.5, 0.6) is 0 Å². The van der Waals surface area contributed by atoms with Crippen LogP contribution in [0.3, 0.4) is 0 Å². The summed E-state index contributed by atoms with van der Waals surface area (Å²) < 4.78 is 4.61. The van der Waals surface area contributed by atoms with Crippen molar-refractivity contribution in [2.45, 2.75) is 0 Å². The van der Waals surface area contributed by atoms with Gasteiger partial charge >= 0.3 is 5.97 Å². The number of anilines is 1. The first-order chi connectivity index (χ1) is 11.6. The summed E-state index contributed by atoms with van der Waals surface area (Å²) in [5, 5.41) is 6.95. The Hall–Kier alpha value is -2.86. The van der Waals surface area contributed by atoms with Crippen LogP contribution in [0, 0.1) is 0 Å².